The fourth-order valence-electron chi connectivity index (χ4n) is 2.30. The molecule has 0 aromatic carbocycles. The van der Waals surface area contributed by atoms with E-state index in [4.69, 9.17) is 15.9 Å². The Morgan fingerprint density at radius 2 is 1.62 bits per heavy atom. The fourth-order valence-corrected chi connectivity index (χ4v) is 2.30. The second kappa shape index (κ2) is 10.6. The molecule has 124 valence electrons. The average molecular weight is 302 g/mol. The number of hydrogen-bond donors (Lipinski definition) is 4. The Morgan fingerprint density at radius 3 is 1.95 bits per heavy atom. The molecule has 2 unspecified atom stereocenters. The molecule has 6 nitrogen and oxygen atoms in total. The van der Waals surface area contributed by atoms with E-state index in [9.17, 15) is 9.59 Å². The molecule has 0 radical (unpaired) electrons. The Balaban J connectivity index is 0.000000400. The molecule has 0 aromatic heterocycles. The van der Waals surface area contributed by atoms with E-state index in [1.54, 1.807) is 6.92 Å². The lowest BCUT2D eigenvalue weighted by atomic mass is 9.95. The number of rotatable bonds is 6. The standard InChI is InChI=1S/C9H17NO2.C6H13NO2/c1-7(9(11)12)10-8-5-3-2-4-6-8;1-4(2)3-5(7)6(8)9/h7-8,10H,2-6H2,1H3,(H,11,12);4-5H,3,7H2,1-2H3,(H,8,9). The van der Waals surface area contributed by atoms with Crippen LogP contribution in [0.3, 0.4) is 0 Å². The van der Waals surface area contributed by atoms with E-state index in [-0.39, 0.29) is 0 Å². The van der Waals surface area contributed by atoms with E-state index in [1.165, 1.54) is 19.3 Å². The van der Waals surface area contributed by atoms with Crippen LogP contribution in [0.4, 0.5) is 0 Å². The molecule has 2 atom stereocenters. The first-order valence-corrected chi connectivity index (χ1v) is 7.71. The van der Waals surface area contributed by atoms with Gasteiger partial charge in [-0.15, -0.1) is 0 Å². The summed E-state index contributed by atoms with van der Waals surface area (Å²) >= 11 is 0. The Hall–Kier alpha value is -1.14. The lowest BCUT2D eigenvalue weighted by Gasteiger charge is -2.24. The van der Waals surface area contributed by atoms with Gasteiger partial charge in [-0.3, -0.25) is 9.59 Å². The number of aliphatic carboxylic acids is 2. The molecule has 5 N–H and O–H groups in total. The second-order valence-corrected chi connectivity index (χ2v) is 6.14. The summed E-state index contributed by atoms with van der Waals surface area (Å²) in [6.45, 7) is 5.60. The highest BCUT2D eigenvalue weighted by molar-refractivity contribution is 5.73. The molecule has 1 aliphatic carbocycles. The molecule has 1 aliphatic rings. The van der Waals surface area contributed by atoms with Crippen LogP contribution < -0.4 is 11.1 Å². The Labute approximate surface area is 127 Å². The maximum absolute atomic E-state index is 10.5. The second-order valence-electron chi connectivity index (χ2n) is 6.14. The highest BCUT2D eigenvalue weighted by Crippen LogP contribution is 2.17. The molecule has 1 saturated carbocycles. The largest absolute Gasteiger partial charge is 0.480 e. The van der Waals surface area contributed by atoms with Crippen LogP contribution in [-0.4, -0.2) is 40.3 Å². The third-order valence-electron chi connectivity index (χ3n) is 3.50. The van der Waals surface area contributed by atoms with Crippen LogP contribution in [0.1, 0.15) is 59.3 Å². The third kappa shape index (κ3) is 10.3. The molecule has 1 fully saturated rings. The van der Waals surface area contributed by atoms with Crippen LogP contribution in [0.2, 0.25) is 0 Å². The summed E-state index contributed by atoms with van der Waals surface area (Å²) in [4.78, 5) is 20.6. The molecule has 0 bridgehead atoms. The lowest BCUT2D eigenvalue weighted by Crippen LogP contribution is -2.42. The van der Waals surface area contributed by atoms with Crippen LogP contribution in [0.15, 0.2) is 0 Å². The third-order valence-corrected chi connectivity index (χ3v) is 3.50. The Bertz CT molecular complexity index is 315. The average Bonchev–Trinajstić information content (AvgIpc) is 2.39. The topological polar surface area (TPSA) is 113 Å². The van der Waals surface area contributed by atoms with Gasteiger partial charge in [-0.1, -0.05) is 33.1 Å². The van der Waals surface area contributed by atoms with Crippen molar-refractivity contribution in [1.82, 2.24) is 5.32 Å². The van der Waals surface area contributed by atoms with Gasteiger partial charge in [0.25, 0.3) is 0 Å². The van der Waals surface area contributed by atoms with Crippen LogP contribution in [0.5, 0.6) is 0 Å². The summed E-state index contributed by atoms with van der Waals surface area (Å²) < 4.78 is 0. The molecule has 0 aromatic rings. The molecule has 0 aliphatic heterocycles. The highest BCUT2D eigenvalue weighted by Gasteiger charge is 2.18. The molecule has 0 amide bonds. The van der Waals surface area contributed by atoms with Crippen LogP contribution in [0, 0.1) is 5.92 Å². The Kier molecular flexibility index (Phi) is 9.99. The van der Waals surface area contributed by atoms with Gasteiger partial charge in [-0.05, 0) is 32.1 Å². The van der Waals surface area contributed by atoms with Gasteiger partial charge in [0.2, 0.25) is 0 Å². The monoisotopic (exact) mass is 302 g/mol. The van der Waals surface area contributed by atoms with Gasteiger partial charge in [0.1, 0.15) is 12.1 Å². The van der Waals surface area contributed by atoms with Gasteiger partial charge < -0.3 is 21.3 Å². The van der Waals surface area contributed by atoms with E-state index in [1.807, 2.05) is 13.8 Å². The van der Waals surface area contributed by atoms with Crippen molar-refractivity contribution in [2.75, 3.05) is 0 Å². The molecule has 21 heavy (non-hydrogen) atoms. The van der Waals surface area contributed by atoms with Gasteiger partial charge >= 0.3 is 11.9 Å². The summed E-state index contributed by atoms with van der Waals surface area (Å²) in [5, 5.41) is 20.1. The number of hydrogen-bond acceptors (Lipinski definition) is 4. The molecular formula is C15H30N2O4. The zero-order valence-corrected chi connectivity index (χ0v) is 13.3. The normalized spacial score (nSPS) is 18.5. The molecule has 6 heteroatoms. The SMILES string of the molecule is CC(C)CC(N)C(=O)O.CC(NC1CCCCC1)C(=O)O. The zero-order chi connectivity index (χ0) is 16.4. The van der Waals surface area contributed by atoms with Crippen molar-refractivity contribution in [3.05, 3.63) is 0 Å². The maximum atomic E-state index is 10.5. The minimum atomic E-state index is -0.913. The predicted molar refractivity (Wildman–Crippen MR) is 82.2 cm³/mol. The van der Waals surface area contributed by atoms with Crippen molar-refractivity contribution in [2.45, 2.75) is 77.4 Å². The van der Waals surface area contributed by atoms with Crippen LogP contribution in [-0.2, 0) is 9.59 Å². The number of nitrogens with two attached hydrogens (primary N) is 1. The minimum Gasteiger partial charge on any atom is -0.480 e. The first-order chi connectivity index (χ1) is 9.73. The smallest absolute Gasteiger partial charge is 0.320 e. The van der Waals surface area contributed by atoms with E-state index in [0.717, 1.165) is 12.8 Å². The zero-order valence-electron chi connectivity index (χ0n) is 13.3. The number of carboxylic acid groups (broad SMARTS) is 2. The quantitative estimate of drug-likeness (QED) is 0.595. The molecule has 0 spiro atoms. The molecule has 0 heterocycles. The van der Waals surface area contributed by atoms with E-state index < -0.39 is 24.0 Å². The molecular weight excluding hydrogens is 272 g/mol. The van der Waals surface area contributed by atoms with Gasteiger partial charge in [-0.2, -0.15) is 0 Å². The minimum absolute atomic E-state index is 0.357. The van der Waals surface area contributed by atoms with Crippen molar-refractivity contribution < 1.29 is 19.8 Å². The van der Waals surface area contributed by atoms with Crippen molar-refractivity contribution in [2.24, 2.45) is 11.7 Å². The van der Waals surface area contributed by atoms with Crippen molar-refractivity contribution in [3.63, 3.8) is 0 Å². The number of nitrogens with one attached hydrogen (secondary N) is 1. The highest BCUT2D eigenvalue weighted by atomic mass is 16.4. The first-order valence-electron chi connectivity index (χ1n) is 7.71. The summed E-state index contributed by atoms with van der Waals surface area (Å²) in [5.41, 5.74) is 5.22. The van der Waals surface area contributed by atoms with Crippen molar-refractivity contribution in [3.8, 4) is 0 Å². The summed E-state index contributed by atoms with van der Waals surface area (Å²) in [6, 6.07) is -0.650. The van der Waals surface area contributed by atoms with E-state index >= 15 is 0 Å². The van der Waals surface area contributed by atoms with Crippen molar-refractivity contribution in [1.29, 1.82) is 0 Å². The van der Waals surface area contributed by atoms with E-state index in [2.05, 4.69) is 5.32 Å². The van der Waals surface area contributed by atoms with Gasteiger partial charge in [-0.25, -0.2) is 0 Å². The van der Waals surface area contributed by atoms with E-state index in [0.29, 0.717) is 18.4 Å². The van der Waals surface area contributed by atoms with Gasteiger partial charge in [0, 0.05) is 6.04 Å². The summed E-state index contributed by atoms with van der Waals surface area (Å²) in [6.07, 6.45) is 6.61. The van der Waals surface area contributed by atoms with Gasteiger partial charge in [0.15, 0.2) is 0 Å². The maximum Gasteiger partial charge on any atom is 0.320 e. The fraction of sp³-hybridized carbons (Fsp3) is 0.867. The van der Waals surface area contributed by atoms with Crippen LogP contribution >= 0.6 is 0 Å². The predicted octanol–water partition coefficient (Wildman–Crippen LogP) is 1.83. The number of carboxylic acids is 2. The Morgan fingerprint density at radius 1 is 1.10 bits per heavy atom. The molecule has 0 saturated heterocycles. The van der Waals surface area contributed by atoms with Gasteiger partial charge in [0.05, 0.1) is 0 Å². The van der Waals surface area contributed by atoms with Crippen LogP contribution in [0.25, 0.3) is 0 Å². The summed E-state index contributed by atoms with van der Waals surface area (Å²) in [5.74, 6) is -1.31. The van der Waals surface area contributed by atoms with Crippen molar-refractivity contribution >= 4 is 11.9 Å². The number of carbonyl (C=O) groups is 2. The lowest BCUT2D eigenvalue weighted by molar-refractivity contribution is -0.140. The summed E-state index contributed by atoms with van der Waals surface area (Å²) in [7, 11) is 0. The molecule has 1 rings (SSSR count). The first kappa shape index (κ1) is 19.9.